The number of para-hydroxylation sites is 1. The van der Waals surface area contributed by atoms with Crippen molar-refractivity contribution in [1.29, 1.82) is 0 Å². The molecule has 0 bridgehead atoms. The Bertz CT molecular complexity index is 583. The molecule has 0 spiro atoms. The Morgan fingerprint density at radius 3 is 2.65 bits per heavy atom. The first-order valence-corrected chi connectivity index (χ1v) is 7.45. The molecule has 2 aromatic rings. The lowest BCUT2D eigenvalue weighted by Gasteiger charge is -2.07. The second kappa shape index (κ2) is 5.65. The van der Waals surface area contributed by atoms with Gasteiger partial charge in [-0.1, -0.05) is 43.0 Å². The summed E-state index contributed by atoms with van der Waals surface area (Å²) in [7, 11) is 0. The van der Waals surface area contributed by atoms with Crippen LogP contribution in [0.25, 0.3) is 11.5 Å². The summed E-state index contributed by atoms with van der Waals surface area (Å²) in [5.41, 5.74) is 8.71. The minimum Gasteiger partial charge on any atom is -0.398 e. The number of anilines is 1. The van der Waals surface area contributed by atoms with E-state index in [0.29, 0.717) is 11.8 Å². The highest BCUT2D eigenvalue weighted by molar-refractivity contribution is 5.73. The van der Waals surface area contributed by atoms with E-state index in [-0.39, 0.29) is 0 Å². The van der Waals surface area contributed by atoms with E-state index in [1.165, 1.54) is 38.5 Å². The first-order chi connectivity index (χ1) is 9.75. The largest absolute Gasteiger partial charge is 0.398 e. The van der Waals surface area contributed by atoms with E-state index in [1.54, 1.807) is 0 Å². The van der Waals surface area contributed by atoms with Crippen LogP contribution in [0.15, 0.2) is 22.7 Å². The quantitative estimate of drug-likeness (QED) is 0.660. The molecule has 1 aromatic heterocycles. The molecule has 1 heterocycles. The number of aryl methyl sites for hydroxylation is 1. The molecular formula is C16H21N3O. The van der Waals surface area contributed by atoms with Gasteiger partial charge in [0.1, 0.15) is 0 Å². The molecule has 4 nitrogen and oxygen atoms in total. The van der Waals surface area contributed by atoms with Gasteiger partial charge < -0.3 is 10.3 Å². The zero-order valence-electron chi connectivity index (χ0n) is 11.9. The van der Waals surface area contributed by atoms with Crippen LogP contribution < -0.4 is 5.73 Å². The number of benzene rings is 1. The van der Waals surface area contributed by atoms with Crippen LogP contribution in [0.5, 0.6) is 0 Å². The van der Waals surface area contributed by atoms with E-state index in [4.69, 9.17) is 10.3 Å². The molecule has 0 radical (unpaired) electrons. The lowest BCUT2D eigenvalue weighted by molar-refractivity contribution is 0.410. The molecule has 0 saturated heterocycles. The van der Waals surface area contributed by atoms with E-state index >= 15 is 0 Å². The van der Waals surface area contributed by atoms with Crippen LogP contribution in [0.3, 0.4) is 0 Å². The number of nitrogen functional groups attached to an aromatic ring is 1. The summed E-state index contributed by atoms with van der Waals surface area (Å²) in [6, 6.07) is 5.89. The average molecular weight is 271 g/mol. The molecular weight excluding hydrogens is 250 g/mol. The van der Waals surface area contributed by atoms with E-state index in [0.717, 1.165) is 22.6 Å². The molecule has 0 amide bonds. The Kier molecular flexibility index (Phi) is 3.72. The molecule has 1 aliphatic rings. The van der Waals surface area contributed by atoms with Crippen LogP contribution in [0.1, 0.15) is 55.8 Å². The van der Waals surface area contributed by atoms with Gasteiger partial charge in [0, 0.05) is 11.6 Å². The Balaban J connectivity index is 1.87. The van der Waals surface area contributed by atoms with Crippen molar-refractivity contribution in [2.24, 2.45) is 0 Å². The van der Waals surface area contributed by atoms with Crippen molar-refractivity contribution < 1.29 is 4.52 Å². The van der Waals surface area contributed by atoms with E-state index in [2.05, 4.69) is 10.1 Å². The van der Waals surface area contributed by atoms with Gasteiger partial charge >= 0.3 is 0 Å². The summed E-state index contributed by atoms with van der Waals surface area (Å²) < 4.78 is 5.44. The molecule has 1 aromatic carbocycles. The van der Waals surface area contributed by atoms with Crippen LogP contribution >= 0.6 is 0 Å². The zero-order valence-corrected chi connectivity index (χ0v) is 11.9. The first kappa shape index (κ1) is 13.2. The summed E-state index contributed by atoms with van der Waals surface area (Å²) in [5, 5.41) is 4.19. The summed E-state index contributed by atoms with van der Waals surface area (Å²) in [6.45, 7) is 1.99. The molecule has 1 fully saturated rings. The monoisotopic (exact) mass is 271 g/mol. The highest BCUT2D eigenvalue weighted by Crippen LogP contribution is 2.32. The molecule has 1 saturated carbocycles. The lowest BCUT2D eigenvalue weighted by atomic mass is 10.00. The average Bonchev–Trinajstić information content (AvgIpc) is 2.77. The van der Waals surface area contributed by atoms with Crippen molar-refractivity contribution in [3.05, 3.63) is 29.6 Å². The highest BCUT2D eigenvalue weighted by atomic mass is 16.5. The van der Waals surface area contributed by atoms with Crippen molar-refractivity contribution in [1.82, 2.24) is 10.1 Å². The van der Waals surface area contributed by atoms with Crippen LogP contribution in [-0.4, -0.2) is 10.1 Å². The normalized spacial score (nSPS) is 17.1. The zero-order chi connectivity index (χ0) is 13.9. The third-order valence-electron chi connectivity index (χ3n) is 4.22. The molecule has 0 aliphatic heterocycles. The summed E-state index contributed by atoms with van der Waals surface area (Å²) in [5.74, 6) is 1.84. The minimum atomic E-state index is 0.445. The number of aromatic nitrogens is 2. The van der Waals surface area contributed by atoms with E-state index in [1.807, 2.05) is 25.1 Å². The van der Waals surface area contributed by atoms with Gasteiger partial charge in [0.25, 0.3) is 5.89 Å². The van der Waals surface area contributed by atoms with Crippen molar-refractivity contribution in [3.8, 4) is 11.5 Å². The Morgan fingerprint density at radius 2 is 1.90 bits per heavy atom. The maximum atomic E-state index is 6.10. The van der Waals surface area contributed by atoms with Crippen LogP contribution in [0, 0.1) is 6.92 Å². The molecule has 106 valence electrons. The predicted molar refractivity (Wildman–Crippen MR) is 79.3 cm³/mol. The van der Waals surface area contributed by atoms with Gasteiger partial charge in [-0.05, 0) is 31.4 Å². The highest BCUT2D eigenvalue weighted by Gasteiger charge is 2.21. The van der Waals surface area contributed by atoms with Crippen LogP contribution in [0.4, 0.5) is 5.69 Å². The SMILES string of the molecule is Cc1cccc(-c2nc(C3CCCCCC3)no2)c1N. The van der Waals surface area contributed by atoms with Gasteiger partial charge in [-0.2, -0.15) is 4.98 Å². The molecule has 0 atom stereocenters. The smallest absolute Gasteiger partial charge is 0.260 e. The van der Waals surface area contributed by atoms with E-state index < -0.39 is 0 Å². The number of hydrogen-bond donors (Lipinski definition) is 1. The standard InChI is InChI=1S/C16H21N3O/c1-11-7-6-10-13(14(11)17)16-18-15(19-20-16)12-8-4-2-3-5-9-12/h6-7,10,12H,2-5,8-9,17H2,1H3. The fourth-order valence-electron chi connectivity index (χ4n) is 2.91. The number of nitrogens with zero attached hydrogens (tertiary/aromatic N) is 2. The maximum absolute atomic E-state index is 6.10. The van der Waals surface area contributed by atoms with Gasteiger partial charge in [-0.25, -0.2) is 0 Å². The van der Waals surface area contributed by atoms with Gasteiger partial charge in [0.15, 0.2) is 5.82 Å². The van der Waals surface area contributed by atoms with Gasteiger partial charge in [0.05, 0.1) is 5.56 Å². The number of hydrogen-bond acceptors (Lipinski definition) is 4. The predicted octanol–water partition coefficient (Wildman–Crippen LogP) is 4.07. The second-order valence-corrected chi connectivity index (χ2v) is 5.68. The van der Waals surface area contributed by atoms with Crippen LogP contribution in [-0.2, 0) is 0 Å². The van der Waals surface area contributed by atoms with Gasteiger partial charge in [-0.3, -0.25) is 0 Å². The maximum Gasteiger partial charge on any atom is 0.260 e. The number of nitrogens with two attached hydrogens (primary N) is 1. The van der Waals surface area contributed by atoms with Crippen molar-refractivity contribution >= 4 is 5.69 Å². The minimum absolute atomic E-state index is 0.445. The lowest BCUT2D eigenvalue weighted by Crippen LogP contribution is -2.00. The topological polar surface area (TPSA) is 64.9 Å². The molecule has 2 N–H and O–H groups in total. The first-order valence-electron chi connectivity index (χ1n) is 7.45. The van der Waals surface area contributed by atoms with Gasteiger partial charge in [0.2, 0.25) is 0 Å². The molecule has 0 unspecified atom stereocenters. The summed E-state index contributed by atoms with van der Waals surface area (Å²) in [6.07, 6.45) is 7.52. The van der Waals surface area contributed by atoms with Crippen molar-refractivity contribution in [2.75, 3.05) is 5.73 Å². The second-order valence-electron chi connectivity index (χ2n) is 5.68. The molecule has 1 aliphatic carbocycles. The Morgan fingerprint density at radius 1 is 1.15 bits per heavy atom. The molecule has 20 heavy (non-hydrogen) atoms. The van der Waals surface area contributed by atoms with Crippen molar-refractivity contribution in [3.63, 3.8) is 0 Å². The summed E-state index contributed by atoms with van der Waals surface area (Å²) >= 11 is 0. The fourth-order valence-corrected chi connectivity index (χ4v) is 2.91. The number of rotatable bonds is 2. The Labute approximate surface area is 119 Å². The summed E-state index contributed by atoms with van der Waals surface area (Å²) in [4.78, 5) is 4.59. The van der Waals surface area contributed by atoms with Crippen molar-refractivity contribution in [2.45, 2.75) is 51.4 Å². The third-order valence-corrected chi connectivity index (χ3v) is 4.22. The van der Waals surface area contributed by atoms with E-state index in [9.17, 15) is 0 Å². The van der Waals surface area contributed by atoms with Gasteiger partial charge in [-0.15, -0.1) is 0 Å². The molecule has 3 rings (SSSR count). The third kappa shape index (κ3) is 2.55. The Hall–Kier alpha value is -1.84. The molecule has 4 heteroatoms. The van der Waals surface area contributed by atoms with Crippen LogP contribution in [0.2, 0.25) is 0 Å². The fraction of sp³-hybridized carbons (Fsp3) is 0.500.